The van der Waals surface area contributed by atoms with Crippen LogP contribution in [0.3, 0.4) is 0 Å². The van der Waals surface area contributed by atoms with Gasteiger partial charge in [-0.05, 0) is 24.3 Å². The molecular weight excluding hydrogens is 312 g/mol. The average molecular weight is 328 g/mol. The Kier molecular flexibility index (Phi) is 5.45. The molecule has 2 aromatic carbocycles. The molecule has 0 saturated heterocycles. The van der Waals surface area contributed by atoms with Gasteiger partial charge in [0.1, 0.15) is 0 Å². The number of nitro groups is 1. The molecule has 0 spiro atoms. The summed E-state index contributed by atoms with van der Waals surface area (Å²) in [7, 11) is 1.52. The van der Waals surface area contributed by atoms with E-state index in [9.17, 15) is 19.7 Å². The zero-order valence-electron chi connectivity index (χ0n) is 12.9. The number of nitrogens with zero attached hydrogens (tertiary/aromatic N) is 1. The van der Waals surface area contributed by atoms with E-state index in [0.29, 0.717) is 16.9 Å². The number of nitro benzene ring substituents is 1. The lowest BCUT2D eigenvalue weighted by Gasteiger charge is -2.09. The highest BCUT2D eigenvalue weighted by Crippen LogP contribution is 2.17. The number of hydrogen-bond acceptors (Lipinski definition) is 5. The summed E-state index contributed by atoms with van der Waals surface area (Å²) in [4.78, 5) is 33.7. The summed E-state index contributed by atoms with van der Waals surface area (Å²) in [5, 5.41) is 18.7. The third-order valence-corrected chi connectivity index (χ3v) is 3.15. The quantitative estimate of drug-likeness (QED) is 0.554. The highest BCUT2D eigenvalue weighted by atomic mass is 16.6. The number of non-ortho nitro benzene ring substituents is 1. The first kappa shape index (κ1) is 16.9. The van der Waals surface area contributed by atoms with Gasteiger partial charge < -0.3 is 16.0 Å². The van der Waals surface area contributed by atoms with Crippen molar-refractivity contribution >= 4 is 28.9 Å². The molecule has 0 aliphatic heterocycles. The molecule has 24 heavy (non-hydrogen) atoms. The second kappa shape index (κ2) is 7.73. The summed E-state index contributed by atoms with van der Waals surface area (Å²) in [6, 6.07) is 12.4. The number of amides is 2. The second-order valence-electron chi connectivity index (χ2n) is 4.87. The number of anilines is 2. The molecular formula is C16H16N4O4. The standard InChI is InChI=1S/C16H16N4O4/c1-17-16(22)11-4-2-6-13(8-11)19-15(21)10-18-12-5-3-7-14(9-12)20(23)24/h2-9,18H,10H2,1H3,(H,17,22)(H,19,21). The lowest BCUT2D eigenvalue weighted by Crippen LogP contribution is -2.22. The maximum absolute atomic E-state index is 11.9. The minimum absolute atomic E-state index is 0.0568. The lowest BCUT2D eigenvalue weighted by atomic mass is 10.2. The summed E-state index contributed by atoms with van der Waals surface area (Å²) >= 11 is 0. The van der Waals surface area contributed by atoms with Crippen molar-refractivity contribution in [2.45, 2.75) is 0 Å². The number of carbonyl (C=O) groups is 2. The van der Waals surface area contributed by atoms with Gasteiger partial charge in [0.2, 0.25) is 5.91 Å². The Hall–Kier alpha value is -3.42. The van der Waals surface area contributed by atoms with E-state index in [-0.39, 0.29) is 24.0 Å². The summed E-state index contributed by atoms with van der Waals surface area (Å²) in [6.07, 6.45) is 0. The fourth-order valence-corrected chi connectivity index (χ4v) is 2.00. The molecule has 0 aliphatic carbocycles. The third kappa shape index (κ3) is 4.54. The first-order valence-electron chi connectivity index (χ1n) is 7.10. The van der Waals surface area contributed by atoms with Gasteiger partial charge >= 0.3 is 0 Å². The molecule has 0 atom stereocenters. The Morgan fingerprint density at radius 2 is 1.79 bits per heavy atom. The van der Waals surface area contributed by atoms with Gasteiger partial charge in [-0.2, -0.15) is 0 Å². The Bertz CT molecular complexity index is 776. The molecule has 2 rings (SSSR count). The van der Waals surface area contributed by atoms with Crippen LogP contribution in [0.25, 0.3) is 0 Å². The smallest absolute Gasteiger partial charge is 0.271 e. The predicted octanol–water partition coefficient (Wildman–Crippen LogP) is 2.00. The van der Waals surface area contributed by atoms with Gasteiger partial charge in [0.15, 0.2) is 0 Å². The van der Waals surface area contributed by atoms with Crippen molar-refractivity contribution in [2.24, 2.45) is 0 Å². The molecule has 0 saturated carbocycles. The first-order chi connectivity index (χ1) is 11.5. The molecule has 124 valence electrons. The molecule has 0 unspecified atom stereocenters. The molecule has 0 fully saturated rings. The maximum atomic E-state index is 11.9. The summed E-state index contributed by atoms with van der Waals surface area (Å²) < 4.78 is 0. The van der Waals surface area contributed by atoms with Gasteiger partial charge in [0.25, 0.3) is 11.6 Å². The Morgan fingerprint density at radius 1 is 1.08 bits per heavy atom. The van der Waals surface area contributed by atoms with E-state index in [1.54, 1.807) is 30.3 Å². The van der Waals surface area contributed by atoms with Crippen LogP contribution in [-0.2, 0) is 4.79 Å². The molecule has 0 radical (unpaired) electrons. The average Bonchev–Trinajstić information content (AvgIpc) is 2.59. The Labute approximate surface area is 138 Å². The fourth-order valence-electron chi connectivity index (χ4n) is 2.00. The fraction of sp³-hybridized carbons (Fsp3) is 0.125. The molecule has 2 amide bonds. The minimum atomic E-state index is -0.504. The summed E-state index contributed by atoms with van der Waals surface area (Å²) in [6.45, 7) is -0.0641. The topological polar surface area (TPSA) is 113 Å². The van der Waals surface area contributed by atoms with Gasteiger partial charge in [0, 0.05) is 36.1 Å². The van der Waals surface area contributed by atoms with E-state index in [0.717, 1.165) is 0 Å². The number of hydrogen-bond donors (Lipinski definition) is 3. The van der Waals surface area contributed by atoms with Crippen LogP contribution in [0.15, 0.2) is 48.5 Å². The molecule has 0 heterocycles. The molecule has 0 aromatic heterocycles. The van der Waals surface area contributed by atoms with Gasteiger partial charge in [-0.25, -0.2) is 0 Å². The third-order valence-electron chi connectivity index (χ3n) is 3.15. The van der Waals surface area contributed by atoms with E-state index in [2.05, 4.69) is 16.0 Å². The Morgan fingerprint density at radius 3 is 2.50 bits per heavy atom. The van der Waals surface area contributed by atoms with Crippen LogP contribution in [0.2, 0.25) is 0 Å². The first-order valence-corrected chi connectivity index (χ1v) is 7.10. The van der Waals surface area contributed by atoms with E-state index in [1.807, 2.05) is 0 Å². The van der Waals surface area contributed by atoms with Crippen LogP contribution >= 0.6 is 0 Å². The molecule has 8 nitrogen and oxygen atoms in total. The SMILES string of the molecule is CNC(=O)c1cccc(NC(=O)CNc2cccc([N+](=O)[O-])c2)c1. The van der Waals surface area contributed by atoms with E-state index < -0.39 is 4.92 Å². The molecule has 0 bridgehead atoms. The number of benzene rings is 2. The van der Waals surface area contributed by atoms with Crippen LogP contribution in [-0.4, -0.2) is 30.3 Å². The van der Waals surface area contributed by atoms with Crippen LogP contribution in [0.5, 0.6) is 0 Å². The van der Waals surface area contributed by atoms with Crippen molar-refractivity contribution in [2.75, 3.05) is 24.2 Å². The van der Waals surface area contributed by atoms with Gasteiger partial charge in [-0.15, -0.1) is 0 Å². The van der Waals surface area contributed by atoms with Crippen molar-refractivity contribution in [3.05, 3.63) is 64.2 Å². The van der Waals surface area contributed by atoms with E-state index in [4.69, 9.17) is 0 Å². The minimum Gasteiger partial charge on any atom is -0.376 e. The van der Waals surface area contributed by atoms with Crippen molar-refractivity contribution in [1.82, 2.24) is 5.32 Å². The van der Waals surface area contributed by atoms with Gasteiger partial charge in [-0.1, -0.05) is 12.1 Å². The molecule has 0 aliphatic rings. The number of carbonyl (C=O) groups excluding carboxylic acids is 2. The molecule has 3 N–H and O–H groups in total. The zero-order valence-corrected chi connectivity index (χ0v) is 12.9. The summed E-state index contributed by atoms with van der Waals surface area (Å²) in [5.41, 5.74) is 1.33. The highest BCUT2D eigenvalue weighted by molar-refractivity contribution is 5.98. The van der Waals surface area contributed by atoms with Crippen LogP contribution in [0.1, 0.15) is 10.4 Å². The van der Waals surface area contributed by atoms with E-state index >= 15 is 0 Å². The van der Waals surface area contributed by atoms with Crippen LogP contribution in [0, 0.1) is 10.1 Å². The van der Waals surface area contributed by atoms with Gasteiger partial charge in [0.05, 0.1) is 11.5 Å². The van der Waals surface area contributed by atoms with Crippen LogP contribution < -0.4 is 16.0 Å². The van der Waals surface area contributed by atoms with Crippen molar-refractivity contribution in [1.29, 1.82) is 0 Å². The van der Waals surface area contributed by atoms with Crippen molar-refractivity contribution < 1.29 is 14.5 Å². The largest absolute Gasteiger partial charge is 0.376 e. The Balaban J connectivity index is 1.95. The normalized spacial score (nSPS) is 9.88. The monoisotopic (exact) mass is 328 g/mol. The van der Waals surface area contributed by atoms with Crippen molar-refractivity contribution in [3.8, 4) is 0 Å². The maximum Gasteiger partial charge on any atom is 0.271 e. The number of nitrogens with one attached hydrogen (secondary N) is 3. The lowest BCUT2D eigenvalue weighted by molar-refractivity contribution is -0.384. The van der Waals surface area contributed by atoms with E-state index in [1.165, 1.54) is 25.2 Å². The van der Waals surface area contributed by atoms with Crippen molar-refractivity contribution in [3.63, 3.8) is 0 Å². The summed E-state index contributed by atoms with van der Waals surface area (Å²) in [5.74, 6) is -0.587. The highest BCUT2D eigenvalue weighted by Gasteiger charge is 2.08. The predicted molar refractivity (Wildman–Crippen MR) is 90.0 cm³/mol. The molecule has 2 aromatic rings. The number of rotatable bonds is 6. The second-order valence-corrected chi connectivity index (χ2v) is 4.87. The zero-order chi connectivity index (χ0) is 17.5. The molecule has 8 heteroatoms. The van der Waals surface area contributed by atoms with Gasteiger partial charge in [-0.3, -0.25) is 19.7 Å². The van der Waals surface area contributed by atoms with Crippen LogP contribution in [0.4, 0.5) is 17.1 Å².